The van der Waals surface area contributed by atoms with Crippen LogP contribution in [0.2, 0.25) is 0 Å². The fraction of sp³-hybridized carbons (Fsp3) is 0.222. The van der Waals surface area contributed by atoms with E-state index in [9.17, 15) is 4.79 Å². The molecular formula is C9H8O3. The van der Waals surface area contributed by atoms with Crippen molar-refractivity contribution < 1.29 is 14.3 Å². The molecule has 0 fully saturated rings. The maximum Gasteiger partial charge on any atom is 0.337 e. The fourth-order valence-electron chi connectivity index (χ4n) is 1.12. The summed E-state index contributed by atoms with van der Waals surface area (Å²) >= 11 is 0. The van der Waals surface area contributed by atoms with E-state index in [1.54, 1.807) is 6.07 Å². The van der Waals surface area contributed by atoms with Crippen molar-refractivity contribution in [3.8, 4) is 5.75 Å². The van der Waals surface area contributed by atoms with Crippen molar-refractivity contribution >= 4 is 5.97 Å². The van der Waals surface area contributed by atoms with Gasteiger partial charge in [0.25, 0.3) is 0 Å². The highest BCUT2D eigenvalue weighted by molar-refractivity contribution is 5.74. The van der Waals surface area contributed by atoms with Crippen LogP contribution >= 0.6 is 0 Å². The summed E-state index contributed by atoms with van der Waals surface area (Å²) in [5, 5.41) is 0. The summed E-state index contributed by atoms with van der Waals surface area (Å²) in [5.74, 6) is 0.278. The molecule has 12 heavy (non-hydrogen) atoms. The van der Waals surface area contributed by atoms with Gasteiger partial charge in [-0.25, -0.2) is 4.79 Å². The van der Waals surface area contributed by atoms with Gasteiger partial charge in [0.15, 0.2) is 0 Å². The van der Waals surface area contributed by atoms with Crippen LogP contribution in [-0.4, -0.2) is 12.6 Å². The summed E-state index contributed by atoms with van der Waals surface area (Å²) in [5.41, 5.74) is 0.920. The molecule has 0 atom stereocenters. The van der Waals surface area contributed by atoms with Gasteiger partial charge in [-0.2, -0.15) is 0 Å². The van der Waals surface area contributed by atoms with Gasteiger partial charge in [-0.3, -0.25) is 0 Å². The number of carbonyl (C=O) groups is 1. The van der Waals surface area contributed by atoms with Crippen LogP contribution < -0.4 is 4.74 Å². The van der Waals surface area contributed by atoms with Crippen LogP contribution in [-0.2, 0) is 16.1 Å². The normalized spacial score (nSPS) is 16.2. The number of benzene rings is 1. The topological polar surface area (TPSA) is 35.5 Å². The first kappa shape index (κ1) is 7.31. The Morgan fingerprint density at radius 2 is 2.00 bits per heavy atom. The van der Waals surface area contributed by atoms with Gasteiger partial charge in [0, 0.05) is 5.56 Å². The number of rotatable bonds is 0. The summed E-state index contributed by atoms with van der Waals surface area (Å²) in [6, 6.07) is 7.37. The maximum absolute atomic E-state index is 10.9. The standard InChI is InChI=1S/C9H8O3/c10-9-6-11-5-7-3-1-2-4-8(7)12-9/h1-4H,5-6H2. The minimum absolute atomic E-state index is 0.0364. The van der Waals surface area contributed by atoms with Gasteiger partial charge in [-0.1, -0.05) is 18.2 Å². The number of hydrogen-bond donors (Lipinski definition) is 0. The molecule has 0 spiro atoms. The molecule has 3 nitrogen and oxygen atoms in total. The van der Waals surface area contributed by atoms with Crippen LogP contribution in [0.3, 0.4) is 0 Å². The Morgan fingerprint density at radius 1 is 1.17 bits per heavy atom. The van der Waals surface area contributed by atoms with Crippen molar-refractivity contribution in [1.82, 2.24) is 0 Å². The van der Waals surface area contributed by atoms with E-state index in [0.717, 1.165) is 5.56 Å². The molecule has 1 aromatic rings. The predicted octanol–water partition coefficient (Wildman–Crippen LogP) is 1.12. The van der Waals surface area contributed by atoms with Gasteiger partial charge >= 0.3 is 5.97 Å². The second-order valence-corrected chi connectivity index (χ2v) is 2.57. The molecule has 0 aliphatic carbocycles. The van der Waals surface area contributed by atoms with Crippen LogP contribution in [0.5, 0.6) is 5.75 Å². The summed E-state index contributed by atoms with van der Waals surface area (Å²) in [7, 11) is 0. The third-order valence-electron chi connectivity index (χ3n) is 1.67. The molecule has 2 rings (SSSR count). The van der Waals surface area contributed by atoms with Crippen LogP contribution in [0.4, 0.5) is 0 Å². The molecule has 0 N–H and O–H groups in total. The Bertz CT molecular complexity index is 306. The molecule has 1 heterocycles. The molecule has 0 saturated heterocycles. The van der Waals surface area contributed by atoms with Gasteiger partial charge in [-0.05, 0) is 6.07 Å². The van der Waals surface area contributed by atoms with E-state index in [2.05, 4.69) is 0 Å². The molecular weight excluding hydrogens is 156 g/mol. The lowest BCUT2D eigenvalue weighted by molar-refractivity contribution is -0.138. The lowest BCUT2D eigenvalue weighted by Gasteiger charge is -2.01. The number of para-hydroxylation sites is 1. The number of hydrogen-bond acceptors (Lipinski definition) is 3. The molecule has 0 unspecified atom stereocenters. The van der Waals surface area contributed by atoms with E-state index in [4.69, 9.17) is 9.47 Å². The van der Waals surface area contributed by atoms with Crippen molar-refractivity contribution in [2.75, 3.05) is 6.61 Å². The van der Waals surface area contributed by atoms with Gasteiger partial charge in [0.05, 0.1) is 6.61 Å². The molecule has 0 radical (unpaired) electrons. The van der Waals surface area contributed by atoms with E-state index in [1.165, 1.54) is 0 Å². The van der Waals surface area contributed by atoms with Gasteiger partial charge in [0.2, 0.25) is 0 Å². The van der Waals surface area contributed by atoms with Gasteiger partial charge < -0.3 is 9.47 Å². The Balaban J connectivity index is 2.37. The SMILES string of the molecule is O=C1COCc2ccccc2O1. The minimum atomic E-state index is -0.333. The molecule has 0 bridgehead atoms. The third kappa shape index (κ3) is 1.31. The first-order valence-electron chi connectivity index (χ1n) is 3.72. The highest BCUT2D eigenvalue weighted by Crippen LogP contribution is 2.20. The first-order valence-corrected chi connectivity index (χ1v) is 3.72. The molecule has 0 amide bonds. The number of fused-ring (bicyclic) bond motifs is 1. The maximum atomic E-state index is 10.9. The van der Waals surface area contributed by atoms with Gasteiger partial charge in [-0.15, -0.1) is 0 Å². The highest BCUT2D eigenvalue weighted by Gasteiger charge is 2.13. The minimum Gasteiger partial charge on any atom is -0.424 e. The number of esters is 1. The van der Waals surface area contributed by atoms with Crippen molar-refractivity contribution in [3.63, 3.8) is 0 Å². The molecule has 1 aliphatic rings. The zero-order valence-corrected chi connectivity index (χ0v) is 6.45. The van der Waals surface area contributed by atoms with Crippen molar-refractivity contribution in [3.05, 3.63) is 29.8 Å². The van der Waals surface area contributed by atoms with Gasteiger partial charge in [0.1, 0.15) is 12.4 Å². The van der Waals surface area contributed by atoms with Crippen LogP contribution in [0.1, 0.15) is 5.56 Å². The third-order valence-corrected chi connectivity index (χ3v) is 1.67. The first-order chi connectivity index (χ1) is 5.86. The molecule has 62 valence electrons. The van der Waals surface area contributed by atoms with Crippen molar-refractivity contribution in [2.24, 2.45) is 0 Å². The summed E-state index contributed by atoms with van der Waals surface area (Å²) in [6.07, 6.45) is 0. The second-order valence-electron chi connectivity index (χ2n) is 2.57. The molecule has 1 aliphatic heterocycles. The van der Waals surface area contributed by atoms with E-state index >= 15 is 0 Å². The number of ether oxygens (including phenoxy) is 2. The quantitative estimate of drug-likeness (QED) is 0.426. The Hall–Kier alpha value is -1.35. The monoisotopic (exact) mass is 164 g/mol. The van der Waals surface area contributed by atoms with Crippen molar-refractivity contribution in [2.45, 2.75) is 6.61 Å². The molecule has 3 heteroatoms. The largest absolute Gasteiger partial charge is 0.424 e. The smallest absolute Gasteiger partial charge is 0.337 e. The summed E-state index contributed by atoms with van der Waals surface area (Å²) < 4.78 is 10.1. The zero-order valence-electron chi connectivity index (χ0n) is 6.45. The van der Waals surface area contributed by atoms with E-state index < -0.39 is 0 Å². The molecule has 0 saturated carbocycles. The second kappa shape index (κ2) is 2.95. The lowest BCUT2D eigenvalue weighted by Crippen LogP contribution is -2.11. The highest BCUT2D eigenvalue weighted by atomic mass is 16.6. The van der Waals surface area contributed by atoms with E-state index in [-0.39, 0.29) is 12.6 Å². The molecule has 1 aromatic carbocycles. The van der Waals surface area contributed by atoms with E-state index in [0.29, 0.717) is 12.4 Å². The summed E-state index contributed by atoms with van der Waals surface area (Å²) in [4.78, 5) is 10.9. The average Bonchev–Trinajstić information content (AvgIpc) is 2.25. The Kier molecular flexibility index (Phi) is 1.80. The Labute approximate surface area is 69.9 Å². The summed E-state index contributed by atoms with van der Waals surface area (Å²) in [6.45, 7) is 0.483. The van der Waals surface area contributed by atoms with Crippen molar-refractivity contribution in [1.29, 1.82) is 0 Å². The average molecular weight is 164 g/mol. The lowest BCUT2D eigenvalue weighted by atomic mass is 10.2. The Morgan fingerprint density at radius 3 is 2.92 bits per heavy atom. The van der Waals surface area contributed by atoms with Crippen LogP contribution in [0, 0.1) is 0 Å². The molecule has 0 aromatic heterocycles. The van der Waals surface area contributed by atoms with Crippen LogP contribution in [0.25, 0.3) is 0 Å². The number of carbonyl (C=O) groups excluding carboxylic acids is 1. The van der Waals surface area contributed by atoms with Crippen LogP contribution in [0.15, 0.2) is 24.3 Å². The van der Waals surface area contributed by atoms with E-state index in [1.807, 2.05) is 18.2 Å². The fourth-order valence-corrected chi connectivity index (χ4v) is 1.12. The zero-order chi connectivity index (χ0) is 8.39. The predicted molar refractivity (Wildman–Crippen MR) is 41.7 cm³/mol.